The second kappa shape index (κ2) is 4.70. The Hall–Kier alpha value is -1.81. The molecule has 1 aliphatic carbocycles. The Labute approximate surface area is 113 Å². The molecule has 0 amide bonds. The zero-order valence-corrected chi connectivity index (χ0v) is 11.1. The maximum Gasteiger partial charge on any atom is 0.134 e. The average Bonchev–Trinajstić information content (AvgIpc) is 2.42. The number of aromatic nitrogens is 1. The number of methoxy groups -OCH3 is 1. The predicted molar refractivity (Wildman–Crippen MR) is 77.6 cm³/mol. The molecule has 1 aliphatic rings. The number of anilines is 1. The highest BCUT2D eigenvalue weighted by Crippen LogP contribution is 2.36. The van der Waals surface area contributed by atoms with Gasteiger partial charge in [0.05, 0.1) is 12.6 Å². The number of benzene rings is 1. The summed E-state index contributed by atoms with van der Waals surface area (Å²) >= 11 is 0. The van der Waals surface area contributed by atoms with Gasteiger partial charge in [-0.3, -0.25) is 0 Å². The number of ether oxygens (including phenoxy) is 1. The van der Waals surface area contributed by atoms with Crippen molar-refractivity contribution < 1.29 is 4.74 Å². The van der Waals surface area contributed by atoms with Crippen molar-refractivity contribution in [3.63, 3.8) is 0 Å². The van der Waals surface area contributed by atoms with Gasteiger partial charge in [0.2, 0.25) is 0 Å². The molecule has 1 saturated carbocycles. The maximum absolute atomic E-state index is 5.90. The molecule has 0 aliphatic heterocycles. The van der Waals surface area contributed by atoms with E-state index in [-0.39, 0.29) is 5.54 Å². The minimum absolute atomic E-state index is 0.0429. The fraction of sp³-hybridized carbons (Fsp3) is 0.400. The molecule has 1 aromatic heterocycles. The molecule has 3 N–H and O–H groups in total. The molecule has 1 fully saturated rings. The lowest BCUT2D eigenvalue weighted by molar-refractivity contribution is 0.287. The number of fused-ring (bicyclic) bond motifs is 1. The summed E-state index contributed by atoms with van der Waals surface area (Å²) in [5.41, 5.74) is 5.94. The summed E-state index contributed by atoms with van der Waals surface area (Å²) in [6, 6.07) is 8.04. The van der Waals surface area contributed by atoms with Crippen molar-refractivity contribution in [2.75, 3.05) is 19.0 Å². The van der Waals surface area contributed by atoms with Crippen LogP contribution in [-0.2, 0) is 0 Å². The van der Waals surface area contributed by atoms with Crippen molar-refractivity contribution in [1.29, 1.82) is 0 Å². The number of pyridine rings is 1. The highest BCUT2D eigenvalue weighted by molar-refractivity contribution is 5.92. The Bertz CT molecular complexity index is 587. The highest BCUT2D eigenvalue weighted by Gasteiger charge is 2.35. The van der Waals surface area contributed by atoms with E-state index in [1.807, 2.05) is 30.5 Å². The van der Waals surface area contributed by atoms with Gasteiger partial charge in [0.15, 0.2) is 0 Å². The number of nitrogens with zero attached hydrogens (tertiary/aromatic N) is 1. The van der Waals surface area contributed by atoms with Gasteiger partial charge in [0, 0.05) is 18.1 Å². The highest BCUT2D eigenvalue weighted by atomic mass is 16.5. The fourth-order valence-corrected chi connectivity index (χ4v) is 2.62. The lowest BCUT2D eigenvalue weighted by atomic mass is 9.77. The van der Waals surface area contributed by atoms with Crippen molar-refractivity contribution in [3.8, 4) is 5.75 Å². The topological polar surface area (TPSA) is 60.2 Å². The van der Waals surface area contributed by atoms with Crippen LogP contribution in [0.4, 0.5) is 5.82 Å². The second-order valence-corrected chi connectivity index (χ2v) is 5.21. The van der Waals surface area contributed by atoms with Crippen LogP contribution in [0.25, 0.3) is 10.8 Å². The van der Waals surface area contributed by atoms with E-state index < -0.39 is 0 Å². The van der Waals surface area contributed by atoms with Gasteiger partial charge in [0.1, 0.15) is 11.6 Å². The third-order valence-corrected chi connectivity index (χ3v) is 4.06. The van der Waals surface area contributed by atoms with E-state index in [9.17, 15) is 0 Å². The molecule has 19 heavy (non-hydrogen) atoms. The molecule has 100 valence electrons. The summed E-state index contributed by atoms with van der Waals surface area (Å²) in [5.74, 6) is 1.78. The smallest absolute Gasteiger partial charge is 0.134 e. The molecule has 0 bridgehead atoms. The molecule has 0 unspecified atom stereocenters. The van der Waals surface area contributed by atoms with Crippen LogP contribution in [0.5, 0.6) is 5.75 Å². The molecular weight excluding hydrogens is 238 g/mol. The SMILES string of the molecule is COc1ccc2c(NC3(CN)CCC3)nccc2c1. The van der Waals surface area contributed by atoms with E-state index in [1.54, 1.807) is 7.11 Å². The number of hydrogen-bond acceptors (Lipinski definition) is 4. The Morgan fingerprint density at radius 1 is 1.37 bits per heavy atom. The van der Waals surface area contributed by atoms with E-state index in [0.717, 1.165) is 35.2 Å². The van der Waals surface area contributed by atoms with Crippen molar-refractivity contribution in [2.24, 2.45) is 5.73 Å². The standard InChI is InChI=1S/C15H19N3O/c1-19-12-3-4-13-11(9-12)5-8-17-14(13)18-15(10-16)6-2-7-15/h3-5,8-9H,2,6-7,10,16H2,1H3,(H,17,18). The number of nitrogens with one attached hydrogen (secondary N) is 1. The fourth-order valence-electron chi connectivity index (χ4n) is 2.62. The lowest BCUT2D eigenvalue weighted by Crippen LogP contribution is -2.51. The first-order valence-corrected chi connectivity index (χ1v) is 6.67. The zero-order chi connectivity index (χ0) is 13.3. The van der Waals surface area contributed by atoms with Gasteiger partial charge < -0.3 is 15.8 Å². The molecule has 2 aromatic rings. The first kappa shape index (κ1) is 12.2. The van der Waals surface area contributed by atoms with Crippen LogP contribution in [0.1, 0.15) is 19.3 Å². The number of rotatable bonds is 4. The summed E-state index contributed by atoms with van der Waals surface area (Å²) in [6.07, 6.45) is 5.31. The van der Waals surface area contributed by atoms with Crippen LogP contribution in [0.3, 0.4) is 0 Å². The van der Waals surface area contributed by atoms with Crippen molar-refractivity contribution >= 4 is 16.6 Å². The Balaban J connectivity index is 1.99. The van der Waals surface area contributed by atoms with Crippen LogP contribution >= 0.6 is 0 Å². The maximum atomic E-state index is 5.90. The largest absolute Gasteiger partial charge is 0.497 e. The van der Waals surface area contributed by atoms with E-state index in [4.69, 9.17) is 10.5 Å². The van der Waals surface area contributed by atoms with Crippen molar-refractivity contribution in [1.82, 2.24) is 4.98 Å². The molecular formula is C15H19N3O. The van der Waals surface area contributed by atoms with Crippen LogP contribution in [0.2, 0.25) is 0 Å². The molecule has 0 saturated heterocycles. The normalized spacial score (nSPS) is 16.9. The molecule has 3 rings (SSSR count). The van der Waals surface area contributed by atoms with Crippen LogP contribution in [-0.4, -0.2) is 24.2 Å². The van der Waals surface area contributed by atoms with Gasteiger partial charge in [-0.25, -0.2) is 4.98 Å². The molecule has 4 nitrogen and oxygen atoms in total. The molecule has 0 radical (unpaired) electrons. The third kappa shape index (κ3) is 2.12. The van der Waals surface area contributed by atoms with Gasteiger partial charge in [-0.2, -0.15) is 0 Å². The zero-order valence-electron chi connectivity index (χ0n) is 11.1. The molecule has 1 aromatic carbocycles. The van der Waals surface area contributed by atoms with E-state index in [0.29, 0.717) is 6.54 Å². The van der Waals surface area contributed by atoms with Crippen molar-refractivity contribution in [3.05, 3.63) is 30.5 Å². The summed E-state index contributed by atoms with van der Waals surface area (Å²) in [5, 5.41) is 5.79. The van der Waals surface area contributed by atoms with Crippen LogP contribution in [0, 0.1) is 0 Å². The van der Waals surface area contributed by atoms with E-state index in [1.165, 1.54) is 6.42 Å². The number of nitrogens with two attached hydrogens (primary N) is 1. The van der Waals surface area contributed by atoms with Crippen LogP contribution < -0.4 is 15.8 Å². The van der Waals surface area contributed by atoms with E-state index >= 15 is 0 Å². The van der Waals surface area contributed by atoms with Gasteiger partial charge in [-0.05, 0) is 48.9 Å². The molecule has 0 spiro atoms. The Kier molecular flexibility index (Phi) is 3.03. The summed E-state index contributed by atoms with van der Waals surface area (Å²) in [6.45, 7) is 0.654. The van der Waals surface area contributed by atoms with Gasteiger partial charge in [-0.15, -0.1) is 0 Å². The first-order chi connectivity index (χ1) is 9.26. The first-order valence-electron chi connectivity index (χ1n) is 6.67. The summed E-state index contributed by atoms with van der Waals surface area (Å²) in [7, 11) is 1.68. The Morgan fingerprint density at radius 3 is 2.84 bits per heavy atom. The summed E-state index contributed by atoms with van der Waals surface area (Å²) in [4.78, 5) is 4.47. The van der Waals surface area contributed by atoms with Gasteiger partial charge >= 0.3 is 0 Å². The third-order valence-electron chi connectivity index (χ3n) is 4.06. The minimum Gasteiger partial charge on any atom is -0.497 e. The Morgan fingerprint density at radius 2 is 2.21 bits per heavy atom. The van der Waals surface area contributed by atoms with Gasteiger partial charge in [0.25, 0.3) is 0 Å². The predicted octanol–water partition coefficient (Wildman–Crippen LogP) is 2.54. The van der Waals surface area contributed by atoms with Crippen LogP contribution in [0.15, 0.2) is 30.5 Å². The van der Waals surface area contributed by atoms with Gasteiger partial charge in [-0.1, -0.05) is 0 Å². The molecule has 4 heteroatoms. The molecule has 0 atom stereocenters. The lowest BCUT2D eigenvalue weighted by Gasteiger charge is -2.42. The monoisotopic (exact) mass is 257 g/mol. The summed E-state index contributed by atoms with van der Waals surface area (Å²) < 4.78 is 5.26. The average molecular weight is 257 g/mol. The minimum atomic E-state index is 0.0429. The second-order valence-electron chi connectivity index (χ2n) is 5.21. The quantitative estimate of drug-likeness (QED) is 0.883. The molecule has 1 heterocycles. The van der Waals surface area contributed by atoms with E-state index in [2.05, 4.69) is 10.3 Å². The number of hydrogen-bond donors (Lipinski definition) is 2. The van der Waals surface area contributed by atoms with Crippen molar-refractivity contribution in [2.45, 2.75) is 24.8 Å².